The second kappa shape index (κ2) is 3.26. The summed E-state index contributed by atoms with van der Waals surface area (Å²) in [6.07, 6.45) is 0. The second-order valence-corrected chi connectivity index (χ2v) is 3.39. The van der Waals surface area contributed by atoms with E-state index in [2.05, 4.69) is 0 Å². The van der Waals surface area contributed by atoms with Gasteiger partial charge in [0, 0.05) is 11.6 Å². The van der Waals surface area contributed by atoms with Crippen molar-refractivity contribution in [3.63, 3.8) is 0 Å². The molecule has 0 aliphatic rings. The summed E-state index contributed by atoms with van der Waals surface area (Å²) >= 11 is 0. The van der Waals surface area contributed by atoms with E-state index in [1.165, 1.54) is 0 Å². The first kappa shape index (κ1) is 9.86. The van der Waals surface area contributed by atoms with E-state index in [1.54, 1.807) is 19.9 Å². The van der Waals surface area contributed by atoms with E-state index in [0.29, 0.717) is 11.1 Å². The zero-order valence-electron chi connectivity index (χ0n) is 8.13. The maximum absolute atomic E-state index is 9.54. The van der Waals surface area contributed by atoms with Gasteiger partial charge in [0.05, 0.1) is 0 Å². The number of benzene rings is 1. The van der Waals surface area contributed by atoms with Gasteiger partial charge in [-0.3, -0.25) is 0 Å². The van der Waals surface area contributed by atoms with Gasteiger partial charge in [-0.2, -0.15) is 0 Å². The average Bonchev–Trinajstić information content (AvgIpc) is 2.07. The second-order valence-electron chi connectivity index (χ2n) is 3.39. The molecule has 1 unspecified atom stereocenters. The summed E-state index contributed by atoms with van der Waals surface area (Å²) in [5.74, 6) is -0.162. The van der Waals surface area contributed by atoms with Gasteiger partial charge in [0.1, 0.15) is 0 Å². The lowest BCUT2D eigenvalue weighted by molar-refractivity contribution is 0.394. The standard InChI is InChI=1S/C10H15NO2/c1-5-4-8(7(3)11)10(13)9(12)6(5)2/h4,7,12-13H,11H2,1-3H3. The van der Waals surface area contributed by atoms with Crippen LogP contribution in [-0.4, -0.2) is 10.2 Å². The van der Waals surface area contributed by atoms with Crippen molar-refractivity contribution in [3.8, 4) is 11.5 Å². The predicted molar refractivity (Wildman–Crippen MR) is 51.8 cm³/mol. The molecule has 3 nitrogen and oxygen atoms in total. The number of nitrogens with two attached hydrogens (primary N) is 1. The molecule has 0 amide bonds. The van der Waals surface area contributed by atoms with Crippen molar-refractivity contribution in [2.75, 3.05) is 0 Å². The van der Waals surface area contributed by atoms with Gasteiger partial charge in [-0.15, -0.1) is 0 Å². The molecule has 13 heavy (non-hydrogen) atoms. The van der Waals surface area contributed by atoms with Crippen molar-refractivity contribution < 1.29 is 10.2 Å². The normalized spacial score (nSPS) is 12.9. The molecule has 0 spiro atoms. The maximum atomic E-state index is 9.54. The van der Waals surface area contributed by atoms with E-state index in [9.17, 15) is 10.2 Å². The lowest BCUT2D eigenvalue weighted by Gasteiger charge is -2.13. The number of phenols is 2. The average molecular weight is 181 g/mol. The van der Waals surface area contributed by atoms with Crippen LogP contribution in [0.25, 0.3) is 0 Å². The van der Waals surface area contributed by atoms with Crippen molar-refractivity contribution >= 4 is 0 Å². The number of hydrogen-bond donors (Lipinski definition) is 3. The lowest BCUT2D eigenvalue weighted by Crippen LogP contribution is -2.06. The van der Waals surface area contributed by atoms with E-state index < -0.39 is 0 Å². The Labute approximate surface area is 77.8 Å². The van der Waals surface area contributed by atoms with Gasteiger partial charge in [-0.1, -0.05) is 6.07 Å². The quantitative estimate of drug-likeness (QED) is 0.578. The number of aryl methyl sites for hydroxylation is 1. The van der Waals surface area contributed by atoms with Gasteiger partial charge in [0.2, 0.25) is 0 Å². The Kier molecular flexibility index (Phi) is 2.48. The first-order valence-corrected chi connectivity index (χ1v) is 4.22. The van der Waals surface area contributed by atoms with Crippen molar-refractivity contribution in [3.05, 3.63) is 22.8 Å². The Bertz CT molecular complexity index is 332. The summed E-state index contributed by atoms with van der Waals surface area (Å²) in [4.78, 5) is 0. The summed E-state index contributed by atoms with van der Waals surface area (Å²) in [7, 11) is 0. The topological polar surface area (TPSA) is 66.5 Å². The molecule has 3 heteroatoms. The molecule has 1 aromatic rings. The minimum atomic E-state index is -0.273. The Morgan fingerprint density at radius 1 is 1.23 bits per heavy atom. The number of hydrogen-bond acceptors (Lipinski definition) is 3. The molecular weight excluding hydrogens is 166 g/mol. The highest BCUT2D eigenvalue weighted by atomic mass is 16.3. The first-order chi connectivity index (χ1) is 5.95. The van der Waals surface area contributed by atoms with Crippen molar-refractivity contribution in [1.29, 1.82) is 0 Å². The minimum absolute atomic E-state index is 0.0627. The summed E-state index contributed by atoms with van der Waals surface area (Å²) in [5.41, 5.74) is 7.84. The number of rotatable bonds is 1. The third kappa shape index (κ3) is 1.60. The third-order valence-electron chi connectivity index (χ3n) is 2.31. The molecule has 0 fully saturated rings. The Balaban J connectivity index is 3.41. The highest BCUT2D eigenvalue weighted by molar-refractivity contribution is 5.53. The molecule has 0 saturated carbocycles. The number of aromatic hydroxyl groups is 2. The fraction of sp³-hybridized carbons (Fsp3) is 0.400. The molecule has 1 aromatic carbocycles. The molecule has 0 bridgehead atoms. The number of phenolic OH excluding ortho intramolecular Hbond substituents is 2. The summed E-state index contributed by atoms with van der Waals surface area (Å²) in [5, 5.41) is 19.1. The third-order valence-corrected chi connectivity index (χ3v) is 2.31. The molecule has 0 aliphatic carbocycles. The molecule has 0 radical (unpaired) electrons. The van der Waals surface area contributed by atoms with Gasteiger partial charge >= 0.3 is 0 Å². The van der Waals surface area contributed by atoms with Crippen LogP contribution in [0.5, 0.6) is 11.5 Å². The van der Waals surface area contributed by atoms with Crippen molar-refractivity contribution in [2.45, 2.75) is 26.8 Å². The predicted octanol–water partition coefficient (Wildman–Crippen LogP) is 1.73. The summed E-state index contributed by atoms with van der Waals surface area (Å²) in [6.45, 7) is 5.40. The van der Waals surface area contributed by atoms with Crippen LogP contribution in [0.1, 0.15) is 29.7 Å². The Hall–Kier alpha value is -1.22. The summed E-state index contributed by atoms with van der Waals surface area (Å²) < 4.78 is 0. The zero-order valence-corrected chi connectivity index (χ0v) is 8.13. The fourth-order valence-corrected chi connectivity index (χ4v) is 1.26. The largest absolute Gasteiger partial charge is 0.504 e. The maximum Gasteiger partial charge on any atom is 0.162 e. The van der Waals surface area contributed by atoms with Crippen LogP contribution in [-0.2, 0) is 0 Å². The van der Waals surface area contributed by atoms with E-state index in [-0.39, 0.29) is 17.5 Å². The highest BCUT2D eigenvalue weighted by Crippen LogP contribution is 2.36. The molecule has 1 rings (SSSR count). The molecular formula is C10H15NO2. The van der Waals surface area contributed by atoms with Crippen molar-refractivity contribution in [1.82, 2.24) is 0 Å². The van der Waals surface area contributed by atoms with Crippen LogP contribution >= 0.6 is 0 Å². The molecule has 72 valence electrons. The van der Waals surface area contributed by atoms with Gasteiger partial charge in [0.15, 0.2) is 11.5 Å². The molecule has 1 atom stereocenters. The highest BCUT2D eigenvalue weighted by Gasteiger charge is 2.14. The van der Waals surface area contributed by atoms with E-state index in [0.717, 1.165) is 5.56 Å². The molecule has 0 saturated heterocycles. The van der Waals surface area contributed by atoms with Gasteiger partial charge in [-0.05, 0) is 31.9 Å². The van der Waals surface area contributed by atoms with Gasteiger partial charge in [-0.25, -0.2) is 0 Å². The molecule has 0 aliphatic heterocycles. The lowest BCUT2D eigenvalue weighted by atomic mass is 10.00. The SMILES string of the molecule is Cc1cc(C(C)N)c(O)c(O)c1C. The van der Waals surface area contributed by atoms with Crippen LogP contribution in [0.4, 0.5) is 0 Å². The van der Waals surface area contributed by atoms with Crippen LogP contribution < -0.4 is 5.73 Å². The molecule has 4 N–H and O–H groups in total. The van der Waals surface area contributed by atoms with Crippen LogP contribution in [0, 0.1) is 13.8 Å². The minimum Gasteiger partial charge on any atom is -0.504 e. The summed E-state index contributed by atoms with van der Waals surface area (Å²) in [6, 6.07) is 1.53. The van der Waals surface area contributed by atoms with Gasteiger partial charge in [0.25, 0.3) is 0 Å². The zero-order chi connectivity index (χ0) is 10.2. The first-order valence-electron chi connectivity index (χ1n) is 4.22. The van der Waals surface area contributed by atoms with Crippen molar-refractivity contribution in [2.24, 2.45) is 5.73 Å². The van der Waals surface area contributed by atoms with Crippen LogP contribution in [0.3, 0.4) is 0 Å². The van der Waals surface area contributed by atoms with E-state index in [4.69, 9.17) is 5.73 Å². The van der Waals surface area contributed by atoms with E-state index in [1.807, 2.05) is 6.92 Å². The molecule has 0 heterocycles. The van der Waals surface area contributed by atoms with Gasteiger partial charge < -0.3 is 15.9 Å². The Morgan fingerprint density at radius 2 is 1.77 bits per heavy atom. The van der Waals surface area contributed by atoms with E-state index >= 15 is 0 Å². The van der Waals surface area contributed by atoms with Crippen LogP contribution in [0.2, 0.25) is 0 Å². The Morgan fingerprint density at radius 3 is 2.23 bits per heavy atom. The van der Waals surface area contributed by atoms with Crippen LogP contribution in [0.15, 0.2) is 6.07 Å². The fourth-order valence-electron chi connectivity index (χ4n) is 1.26. The molecule has 0 aromatic heterocycles. The smallest absolute Gasteiger partial charge is 0.162 e. The monoisotopic (exact) mass is 181 g/mol.